The molecule has 0 aliphatic carbocycles. The molecule has 5 nitrogen and oxygen atoms in total. The number of anilines is 1. The van der Waals surface area contributed by atoms with E-state index in [2.05, 4.69) is 20.3 Å². The van der Waals surface area contributed by atoms with Crippen LogP contribution < -0.4 is 5.32 Å². The third-order valence-corrected chi connectivity index (χ3v) is 3.44. The van der Waals surface area contributed by atoms with E-state index in [0.717, 1.165) is 30.0 Å². The number of nitrogens with one attached hydrogen (secondary N) is 1. The van der Waals surface area contributed by atoms with Crippen LogP contribution in [0.4, 0.5) is 5.82 Å². The fourth-order valence-corrected chi connectivity index (χ4v) is 2.41. The Morgan fingerprint density at radius 2 is 2.30 bits per heavy atom. The normalized spacial score (nSPS) is 13.9. The minimum atomic E-state index is 0.550. The van der Waals surface area contributed by atoms with Crippen molar-refractivity contribution in [2.75, 3.05) is 18.5 Å². The number of rotatable bonds is 3. The number of nitrogens with zero attached hydrogens (tertiary/aromatic N) is 3. The van der Waals surface area contributed by atoms with Gasteiger partial charge in [0, 0.05) is 24.7 Å². The van der Waals surface area contributed by atoms with Crippen molar-refractivity contribution in [3.05, 3.63) is 34.6 Å². The van der Waals surface area contributed by atoms with Gasteiger partial charge in [0.05, 0.1) is 23.9 Å². The van der Waals surface area contributed by atoms with Gasteiger partial charge < -0.3 is 10.1 Å². The number of ether oxygens (including phenoxy) is 1. The summed E-state index contributed by atoms with van der Waals surface area (Å²) in [6, 6.07) is 3.59. The molecule has 1 aliphatic rings. The highest BCUT2D eigenvalue weighted by molar-refractivity contribution is 6.32. The van der Waals surface area contributed by atoms with Crippen molar-refractivity contribution in [3.8, 4) is 11.5 Å². The molecule has 1 aliphatic heterocycles. The van der Waals surface area contributed by atoms with E-state index in [0.29, 0.717) is 29.8 Å². The van der Waals surface area contributed by atoms with Gasteiger partial charge in [-0.05, 0) is 19.1 Å². The third-order valence-electron chi connectivity index (χ3n) is 3.14. The highest BCUT2D eigenvalue weighted by Gasteiger charge is 2.19. The number of pyridine rings is 1. The second-order valence-corrected chi connectivity index (χ2v) is 4.90. The van der Waals surface area contributed by atoms with E-state index in [1.165, 1.54) is 0 Å². The summed E-state index contributed by atoms with van der Waals surface area (Å²) in [6.45, 7) is 4.06. The van der Waals surface area contributed by atoms with Gasteiger partial charge in [-0.1, -0.05) is 11.6 Å². The van der Waals surface area contributed by atoms with E-state index in [-0.39, 0.29) is 0 Å². The molecule has 20 heavy (non-hydrogen) atoms. The molecule has 0 fully saturated rings. The second kappa shape index (κ2) is 5.73. The standard InChI is InChI=1S/C14H15ClN4O/c1-2-16-13-9-8-20-7-5-11(9)18-14(19-13)12-10(15)4-3-6-17-12/h3-4,6H,2,5,7-8H2,1H3,(H,16,18,19). The van der Waals surface area contributed by atoms with Gasteiger partial charge in [0.25, 0.3) is 0 Å². The molecular formula is C14H15ClN4O. The number of hydrogen-bond donors (Lipinski definition) is 1. The number of fused-ring (bicyclic) bond motifs is 1. The highest BCUT2D eigenvalue weighted by atomic mass is 35.5. The molecule has 104 valence electrons. The Labute approximate surface area is 122 Å². The largest absolute Gasteiger partial charge is 0.376 e. The van der Waals surface area contributed by atoms with Gasteiger partial charge in [-0.25, -0.2) is 9.97 Å². The topological polar surface area (TPSA) is 59.9 Å². The second-order valence-electron chi connectivity index (χ2n) is 4.49. The summed E-state index contributed by atoms with van der Waals surface area (Å²) in [5, 5.41) is 3.82. The quantitative estimate of drug-likeness (QED) is 0.942. The maximum absolute atomic E-state index is 6.18. The van der Waals surface area contributed by atoms with Crippen LogP contribution >= 0.6 is 11.6 Å². The summed E-state index contributed by atoms with van der Waals surface area (Å²) in [6.07, 6.45) is 2.48. The maximum Gasteiger partial charge on any atom is 0.181 e. The molecule has 0 spiro atoms. The summed E-state index contributed by atoms with van der Waals surface area (Å²) < 4.78 is 5.49. The molecule has 0 atom stereocenters. The third kappa shape index (κ3) is 2.46. The van der Waals surface area contributed by atoms with Crippen molar-refractivity contribution in [1.82, 2.24) is 15.0 Å². The van der Waals surface area contributed by atoms with Crippen LogP contribution in [0.25, 0.3) is 11.5 Å². The molecule has 1 N–H and O–H groups in total. The zero-order chi connectivity index (χ0) is 13.9. The SMILES string of the molecule is CCNc1nc(-c2ncccc2Cl)nc2c1COCC2. The van der Waals surface area contributed by atoms with Crippen molar-refractivity contribution in [3.63, 3.8) is 0 Å². The van der Waals surface area contributed by atoms with E-state index in [9.17, 15) is 0 Å². The van der Waals surface area contributed by atoms with E-state index in [1.807, 2.05) is 6.92 Å². The Balaban J connectivity index is 2.13. The van der Waals surface area contributed by atoms with Crippen molar-refractivity contribution in [2.45, 2.75) is 20.0 Å². The Kier molecular flexibility index (Phi) is 3.80. The minimum absolute atomic E-state index is 0.550. The summed E-state index contributed by atoms with van der Waals surface area (Å²) in [7, 11) is 0. The van der Waals surface area contributed by atoms with Crippen LogP contribution in [-0.2, 0) is 17.8 Å². The molecule has 0 radical (unpaired) electrons. The van der Waals surface area contributed by atoms with Crippen LogP contribution in [0.15, 0.2) is 18.3 Å². The number of hydrogen-bond acceptors (Lipinski definition) is 5. The molecule has 3 rings (SSSR count). The van der Waals surface area contributed by atoms with Gasteiger partial charge >= 0.3 is 0 Å². The van der Waals surface area contributed by atoms with Crippen molar-refractivity contribution in [2.24, 2.45) is 0 Å². The molecule has 0 bridgehead atoms. The Morgan fingerprint density at radius 3 is 3.10 bits per heavy atom. The lowest BCUT2D eigenvalue weighted by atomic mass is 10.1. The van der Waals surface area contributed by atoms with Gasteiger partial charge in [0.1, 0.15) is 11.5 Å². The van der Waals surface area contributed by atoms with E-state index >= 15 is 0 Å². The first-order valence-corrected chi connectivity index (χ1v) is 6.99. The number of aromatic nitrogens is 3. The van der Waals surface area contributed by atoms with Crippen LogP contribution in [0.1, 0.15) is 18.2 Å². The predicted octanol–water partition coefficient (Wildman–Crippen LogP) is 2.70. The smallest absolute Gasteiger partial charge is 0.181 e. The maximum atomic E-state index is 6.18. The molecule has 0 saturated carbocycles. The van der Waals surface area contributed by atoms with Crippen LogP contribution in [-0.4, -0.2) is 28.1 Å². The Bertz CT molecular complexity index is 633. The minimum Gasteiger partial charge on any atom is -0.376 e. The first kappa shape index (κ1) is 13.3. The number of halogens is 1. The first-order chi connectivity index (χ1) is 9.79. The van der Waals surface area contributed by atoms with Crippen LogP contribution in [0.3, 0.4) is 0 Å². The highest BCUT2D eigenvalue weighted by Crippen LogP contribution is 2.28. The lowest BCUT2D eigenvalue weighted by Gasteiger charge is -2.19. The first-order valence-electron chi connectivity index (χ1n) is 6.62. The summed E-state index contributed by atoms with van der Waals surface area (Å²) in [4.78, 5) is 13.4. The molecule has 6 heteroatoms. The Morgan fingerprint density at radius 1 is 1.40 bits per heavy atom. The molecule has 0 amide bonds. The van der Waals surface area contributed by atoms with Crippen LogP contribution in [0.5, 0.6) is 0 Å². The van der Waals surface area contributed by atoms with E-state index in [1.54, 1.807) is 18.3 Å². The van der Waals surface area contributed by atoms with Gasteiger partial charge in [-0.15, -0.1) is 0 Å². The molecular weight excluding hydrogens is 276 g/mol. The molecule has 0 aromatic carbocycles. The van der Waals surface area contributed by atoms with Crippen molar-refractivity contribution < 1.29 is 4.74 Å². The monoisotopic (exact) mass is 290 g/mol. The van der Waals surface area contributed by atoms with Crippen molar-refractivity contribution in [1.29, 1.82) is 0 Å². The van der Waals surface area contributed by atoms with Crippen LogP contribution in [0.2, 0.25) is 5.02 Å². The molecule has 0 saturated heterocycles. The predicted molar refractivity (Wildman–Crippen MR) is 77.8 cm³/mol. The average Bonchev–Trinajstić information content (AvgIpc) is 2.48. The van der Waals surface area contributed by atoms with Gasteiger partial charge in [-0.3, -0.25) is 4.98 Å². The molecule has 3 heterocycles. The van der Waals surface area contributed by atoms with Gasteiger partial charge in [0.2, 0.25) is 0 Å². The lowest BCUT2D eigenvalue weighted by molar-refractivity contribution is 0.109. The average molecular weight is 291 g/mol. The van der Waals surface area contributed by atoms with Crippen LogP contribution in [0, 0.1) is 0 Å². The summed E-state index contributed by atoms with van der Waals surface area (Å²) >= 11 is 6.18. The molecule has 0 unspecified atom stereocenters. The fraction of sp³-hybridized carbons (Fsp3) is 0.357. The van der Waals surface area contributed by atoms with Gasteiger partial charge in [0.15, 0.2) is 5.82 Å². The zero-order valence-electron chi connectivity index (χ0n) is 11.2. The lowest BCUT2D eigenvalue weighted by Crippen LogP contribution is -2.17. The Hall–Kier alpha value is -1.72. The summed E-state index contributed by atoms with van der Waals surface area (Å²) in [5.74, 6) is 1.38. The van der Waals surface area contributed by atoms with E-state index in [4.69, 9.17) is 16.3 Å². The zero-order valence-corrected chi connectivity index (χ0v) is 11.9. The molecule has 2 aromatic rings. The van der Waals surface area contributed by atoms with Gasteiger partial charge in [-0.2, -0.15) is 0 Å². The van der Waals surface area contributed by atoms with E-state index < -0.39 is 0 Å². The summed E-state index contributed by atoms with van der Waals surface area (Å²) in [5.41, 5.74) is 2.66. The van der Waals surface area contributed by atoms with Crippen molar-refractivity contribution >= 4 is 17.4 Å². The fourth-order valence-electron chi connectivity index (χ4n) is 2.20. The molecule has 2 aromatic heterocycles.